The Morgan fingerprint density at radius 1 is 1.26 bits per heavy atom. The van der Waals surface area contributed by atoms with Crippen LogP contribution < -0.4 is 0 Å². The third-order valence-electron chi connectivity index (χ3n) is 4.22. The van der Waals surface area contributed by atoms with Crippen LogP contribution >= 0.6 is 35.4 Å². The lowest BCUT2D eigenvalue weighted by Gasteiger charge is -2.09. The normalized spacial score (nSPS) is 14.7. The molecule has 1 aromatic carbocycles. The molecule has 8 heteroatoms. The molecule has 0 atom stereocenters. The van der Waals surface area contributed by atoms with E-state index in [9.17, 15) is 0 Å². The van der Waals surface area contributed by atoms with E-state index in [-0.39, 0.29) is 0 Å². The van der Waals surface area contributed by atoms with Crippen molar-refractivity contribution in [1.29, 1.82) is 0 Å². The minimum atomic E-state index is 0.511. The van der Waals surface area contributed by atoms with Crippen LogP contribution in [0.15, 0.2) is 12.1 Å². The highest BCUT2D eigenvalue weighted by molar-refractivity contribution is 7.71. The summed E-state index contributed by atoms with van der Waals surface area (Å²) >= 11 is 17.6. The van der Waals surface area contributed by atoms with Crippen molar-refractivity contribution in [1.82, 2.24) is 24.3 Å². The van der Waals surface area contributed by atoms with E-state index in [1.165, 1.54) is 12.8 Å². The molecule has 1 N–H and O–H groups in total. The summed E-state index contributed by atoms with van der Waals surface area (Å²) in [4.78, 5) is 4.78. The molecule has 5 nitrogen and oxygen atoms in total. The van der Waals surface area contributed by atoms with Gasteiger partial charge < -0.3 is 9.13 Å². The Labute approximate surface area is 148 Å². The molecule has 1 fully saturated rings. The minimum Gasteiger partial charge on any atom is -0.320 e. The first-order valence-electron chi connectivity index (χ1n) is 7.57. The van der Waals surface area contributed by atoms with Crippen LogP contribution in [0.2, 0.25) is 10.0 Å². The topological polar surface area (TPSA) is 51.4 Å². The van der Waals surface area contributed by atoms with Crippen molar-refractivity contribution in [3.05, 3.63) is 38.6 Å². The average Bonchev–Trinajstić information content (AvgIpc) is 3.23. The standard InChI is InChI=1S/C15H15Cl2N5S/c1-2-21-13(19-20-15(21)23)7-22-12-6-10(17)9(16)5-11(12)18-14(22)8-3-4-8/h5-6,8H,2-4,7H2,1H3,(H,20,23). The van der Waals surface area contributed by atoms with Crippen LogP contribution in [0.25, 0.3) is 11.0 Å². The molecule has 0 unspecified atom stereocenters. The van der Waals surface area contributed by atoms with Crippen molar-refractivity contribution in [2.24, 2.45) is 0 Å². The van der Waals surface area contributed by atoms with E-state index in [4.69, 9.17) is 40.4 Å². The van der Waals surface area contributed by atoms with Gasteiger partial charge in [-0.1, -0.05) is 23.2 Å². The SMILES string of the molecule is CCn1c(Cn2c(C3CC3)nc3cc(Cl)c(Cl)cc32)n[nH]c1=S. The molecule has 1 aliphatic rings. The molecule has 0 radical (unpaired) electrons. The van der Waals surface area contributed by atoms with Crippen molar-refractivity contribution >= 4 is 46.5 Å². The van der Waals surface area contributed by atoms with Gasteiger partial charge in [-0.2, -0.15) is 5.10 Å². The summed E-state index contributed by atoms with van der Waals surface area (Å²) in [6, 6.07) is 3.72. The second-order valence-corrected chi connectivity index (χ2v) is 6.98. The second-order valence-electron chi connectivity index (χ2n) is 5.77. The lowest BCUT2D eigenvalue weighted by Crippen LogP contribution is -2.10. The highest BCUT2D eigenvalue weighted by Crippen LogP contribution is 2.41. The fourth-order valence-corrected chi connectivity index (χ4v) is 3.49. The summed E-state index contributed by atoms with van der Waals surface area (Å²) in [5.74, 6) is 2.48. The van der Waals surface area contributed by atoms with Gasteiger partial charge in [-0.3, -0.25) is 5.10 Å². The number of aromatic nitrogens is 5. The van der Waals surface area contributed by atoms with Crippen LogP contribution in [-0.2, 0) is 13.1 Å². The van der Waals surface area contributed by atoms with Gasteiger partial charge in [0.2, 0.25) is 0 Å². The number of fused-ring (bicyclic) bond motifs is 1. The number of hydrogen-bond donors (Lipinski definition) is 1. The molecular weight excluding hydrogens is 353 g/mol. The predicted octanol–water partition coefficient (Wildman–Crippen LogP) is 4.54. The fraction of sp³-hybridized carbons (Fsp3) is 0.400. The van der Waals surface area contributed by atoms with Gasteiger partial charge in [-0.15, -0.1) is 0 Å². The second kappa shape index (κ2) is 5.61. The number of benzene rings is 1. The van der Waals surface area contributed by atoms with Gasteiger partial charge in [-0.05, 0) is 44.1 Å². The monoisotopic (exact) mass is 367 g/mol. The largest absolute Gasteiger partial charge is 0.320 e. The number of rotatable bonds is 4. The first-order chi connectivity index (χ1) is 11.1. The number of hydrogen-bond acceptors (Lipinski definition) is 3. The zero-order valence-corrected chi connectivity index (χ0v) is 14.8. The lowest BCUT2D eigenvalue weighted by molar-refractivity contribution is 0.637. The molecule has 23 heavy (non-hydrogen) atoms. The average molecular weight is 368 g/mol. The van der Waals surface area contributed by atoms with Crippen LogP contribution in [0.3, 0.4) is 0 Å². The molecular formula is C15H15Cl2N5S. The maximum absolute atomic E-state index is 6.21. The summed E-state index contributed by atoms with van der Waals surface area (Å²) in [6.07, 6.45) is 2.34. The van der Waals surface area contributed by atoms with Gasteiger partial charge in [0.1, 0.15) is 5.82 Å². The molecule has 1 saturated carbocycles. The zero-order valence-electron chi connectivity index (χ0n) is 12.5. The molecule has 0 amide bonds. The third kappa shape index (κ3) is 2.58. The number of imidazole rings is 1. The quantitative estimate of drug-likeness (QED) is 0.688. The van der Waals surface area contributed by atoms with Crippen LogP contribution in [-0.4, -0.2) is 24.3 Å². The van der Waals surface area contributed by atoms with Crippen LogP contribution in [0.1, 0.15) is 37.3 Å². The maximum Gasteiger partial charge on any atom is 0.195 e. The van der Waals surface area contributed by atoms with E-state index in [0.717, 1.165) is 29.2 Å². The van der Waals surface area contributed by atoms with Crippen LogP contribution in [0, 0.1) is 4.77 Å². The number of halogens is 2. The van der Waals surface area contributed by atoms with Crippen molar-refractivity contribution in [3.8, 4) is 0 Å². The van der Waals surface area contributed by atoms with Gasteiger partial charge >= 0.3 is 0 Å². The molecule has 0 saturated heterocycles. The third-order valence-corrected chi connectivity index (χ3v) is 5.25. The van der Waals surface area contributed by atoms with Gasteiger partial charge in [0, 0.05) is 12.5 Å². The van der Waals surface area contributed by atoms with Gasteiger partial charge in [0.15, 0.2) is 10.6 Å². The van der Waals surface area contributed by atoms with E-state index in [1.54, 1.807) is 0 Å². The highest BCUT2D eigenvalue weighted by atomic mass is 35.5. The summed E-state index contributed by atoms with van der Waals surface area (Å²) in [7, 11) is 0. The Bertz CT molecular complexity index is 951. The number of nitrogens with zero attached hydrogens (tertiary/aromatic N) is 4. The smallest absolute Gasteiger partial charge is 0.195 e. The fourth-order valence-electron chi connectivity index (χ4n) is 2.90. The Morgan fingerprint density at radius 2 is 2.00 bits per heavy atom. The summed E-state index contributed by atoms with van der Waals surface area (Å²) in [5, 5.41) is 8.30. The summed E-state index contributed by atoms with van der Waals surface area (Å²) in [5.41, 5.74) is 1.86. The molecule has 1 aliphatic carbocycles. The Balaban J connectivity index is 1.88. The number of nitrogens with one attached hydrogen (secondary N) is 1. The number of H-pyrrole nitrogens is 1. The van der Waals surface area contributed by atoms with E-state index in [1.807, 2.05) is 16.7 Å². The molecule has 2 heterocycles. The van der Waals surface area contributed by atoms with Gasteiger partial charge in [0.05, 0.1) is 27.6 Å². The molecule has 0 aliphatic heterocycles. The Morgan fingerprint density at radius 3 is 2.70 bits per heavy atom. The first kappa shape index (κ1) is 15.2. The maximum atomic E-state index is 6.21. The summed E-state index contributed by atoms with van der Waals surface area (Å²) in [6.45, 7) is 3.45. The molecule has 0 spiro atoms. The van der Waals surface area contributed by atoms with E-state index in [2.05, 4.69) is 21.7 Å². The lowest BCUT2D eigenvalue weighted by atomic mass is 10.3. The molecule has 120 valence electrons. The van der Waals surface area contributed by atoms with Crippen LogP contribution in [0.4, 0.5) is 0 Å². The van der Waals surface area contributed by atoms with E-state index < -0.39 is 0 Å². The highest BCUT2D eigenvalue weighted by Gasteiger charge is 2.30. The number of aromatic amines is 1. The van der Waals surface area contributed by atoms with Crippen LogP contribution in [0.5, 0.6) is 0 Å². The van der Waals surface area contributed by atoms with Crippen molar-refractivity contribution in [2.45, 2.75) is 38.8 Å². The molecule has 0 bridgehead atoms. The van der Waals surface area contributed by atoms with E-state index >= 15 is 0 Å². The van der Waals surface area contributed by atoms with E-state index in [0.29, 0.717) is 27.3 Å². The molecule has 2 aromatic heterocycles. The Hall–Kier alpha value is -1.37. The first-order valence-corrected chi connectivity index (χ1v) is 8.74. The van der Waals surface area contributed by atoms with Crippen molar-refractivity contribution in [2.75, 3.05) is 0 Å². The van der Waals surface area contributed by atoms with Crippen molar-refractivity contribution < 1.29 is 0 Å². The van der Waals surface area contributed by atoms with Gasteiger partial charge in [-0.25, -0.2) is 4.98 Å². The molecule has 3 aromatic rings. The Kier molecular flexibility index (Phi) is 3.70. The minimum absolute atomic E-state index is 0.511. The summed E-state index contributed by atoms with van der Waals surface area (Å²) < 4.78 is 4.82. The zero-order chi connectivity index (χ0) is 16.1. The predicted molar refractivity (Wildman–Crippen MR) is 93.9 cm³/mol. The van der Waals surface area contributed by atoms with Gasteiger partial charge in [0.25, 0.3) is 0 Å². The van der Waals surface area contributed by atoms with Crippen molar-refractivity contribution in [3.63, 3.8) is 0 Å². The molecule has 4 rings (SSSR count).